The zero-order valence-corrected chi connectivity index (χ0v) is 16.9. The lowest BCUT2D eigenvalue weighted by molar-refractivity contribution is -0.141. The molecule has 1 heterocycles. The first kappa shape index (κ1) is 21.5. The zero-order valence-electron chi connectivity index (χ0n) is 15.4. The monoisotopic (exact) mass is 441 g/mol. The molecule has 1 aliphatic rings. The largest absolute Gasteiger partial charge is 0.435 e. The fourth-order valence-electron chi connectivity index (χ4n) is 2.78. The van der Waals surface area contributed by atoms with E-state index in [1.807, 2.05) is 0 Å². The lowest BCUT2D eigenvalue weighted by atomic mass is 10.1. The molecule has 2 aromatic rings. The SMILES string of the molecule is O=C(NCCSCC1=CCCC=C1)c1cc(C(F)(F)F)nn1-c1ccccc1Cl. The predicted molar refractivity (Wildman–Crippen MR) is 110 cm³/mol. The Balaban J connectivity index is 1.67. The molecule has 1 N–H and O–H groups in total. The Kier molecular flexibility index (Phi) is 7.08. The van der Waals surface area contributed by atoms with E-state index in [9.17, 15) is 18.0 Å². The molecule has 0 bridgehead atoms. The summed E-state index contributed by atoms with van der Waals surface area (Å²) in [6, 6.07) is 7.03. The van der Waals surface area contributed by atoms with E-state index in [2.05, 4.69) is 28.6 Å². The molecule has 0 radical (unpaired) electrons. The van der Waals surface area contributed by atoms with E-state index in [0.717, 1.165) is 29.3 Å². The third-order valence-electron chi connectivity index (χ3n) is 4.19. The number of nitrogens with one attached hydrogen (secondary N) is 1. The Morgan fingerprint density at radius 3 is 2.76 bits per heavy atom. The minimum atomic E-state index is -4.67. The van der Waals surface area contributed by atoms with E-state index in [1.54, 1.807) is 23.9 Å². The van der Waals surface area contributed by atoms with Gasteiger partial charge in [0.05, 0.1) is 10.7 Å². The molecule has 9 heteroatoms. The summed E-state index contributed by atoms with van der Waals surface area (Å²) in [7, 11) is 0. The molecular formula is C20H19ClF3N3OS. The van der Waals surface area contributed by atoms with Crippen molar-refractivity contribution in [1.82, 2.24) is 15.1 Å². The summed E-state index contributed by atoms with van der Waals surface area (Å²) < 4.78 is 40.3. The number of carbonyl (C=O) groups is 1. The van der Waals surface area contributed by atoms with Gasteiger partial charge in [-0.25, -0.2) is 4.68 Å². The van der Waals surface area contributed by atoms with Crippen LogP contribution in [0.3, 0.4) is 0 Å². The van der Waals surface area contributed by atoms with Crippen LogP contribution in [-0.2, 0) is 6.18 Å². The highest BCUT2D eigenvalue weighted by Gasteiger charge is 2.36. The maximum absolute atomic E-state index is 13.1. The normalized spacial score (nSPS) is 14.0. The number of thioether (sulfide) groups is 1. The van der Waals surface area contributed by atoms with Crippen molar-refractivity contribution < 1.29 is 18.0 Å². The third-order valence-corrected chi connectivity index (χ3v) is 5.54. The van der Waals surface area contributed by atoms with Gasteiger partial charge in [0, 0.05) is 24.1 Å². The quantitative estimate of drug-likeness (QED) is 0.594. The number of nitrogens with zero attached hydrogens (tertiary/aromatic N) is 2. The van der Waals surface area contributed by atoms with Gasteiger partial charge in [0.2, 0.25) is 0 Å². The van der Waals surface area contributed by atoms with Crippen LogP contribution >= 0.6 is 23.4 Å². The van der Waals surface area contributed by atoms with Gasteiger partial charge >= 0.3 is 6.18 Å². The van der Waals surface area contributed by atoms with Gasteiger partial charge in [-0.05, 0) is 30.5 Å². The maximum Gasteiger partial charge on any atom is 0.435 e. The van der Waals surface area contributed by atoms with Gasteiger partial charge in [-0.1, -0.05) is 42.0 Å². The Labute approximate surface area is 175 Å². The smallest absolute Gasteiger partial charge is 0.350 e. The highest BCUT2D eigenvalue weighted by Crippen LogP contribution is 2.30. The molecule has 154 valence electrons. The Morgan fingerprint density at radius 2 is 2.07 bits per heavy atom. The number of allylic oxidation sites excluding steroid dienone is 3. The summed E-state index contributed by atoms with van der Waals surface area (Å²) in [6.07, 6.45) is 3.84. The first-order valence-corrected chi connectivity index (χ1v) is 10.5. The number of hydrogen-bond acceptors (Lipinski definition) is 3. The molecule has 0 spiro atoms. The second-order valence-electron chi connectivity index (χ2n) is 6.34. The van der Waals surface area contributed by atoms with E-state index in [4.69, 9.17) is 11.6 Å². The fourth-order valence-corrected chi connectivity index (χ4v) is 3.84. The summed E-state index contributed by atoms with van der Waals surface area (Å²) in [6.45, 7) is 0.329. The van der Waals surface area contributed by atoms with Crippen molar-refractivity contribution in [3.63, 3.8) is 0 Å². The third kappa shape index (κ3) is 5.67. The summed E-state index contributed by atoms with van der Waals surface area (Å²) in [5.74, 6) is 0.844. The molecule has 0 atom stereocenters. The van der Waals surface area contributed by atoms with Gasteiger partial charge in [0.25, 0.3) is 5.91 Å². The number of para-hydroxylation sites is 1. The molecule has 1 amide bonds. The van der Waals surface area contributed by atoms with Crippen LogP contribution in [0.1, 0.15) is 29.0 Å². The summed E-state index contributed by atoms with van der Waals surface area (Å²) in [5, 5.41) is 6.42. The minimum Gasteiger partial charge on any atom is -0.350 e. The average molecular weight is 442 g/mol. The number of halogens is 4. The number of benzene rings is 1. The molecule has 0 fully saturated rings. The minimum absolute atomic E-state index is 0.197. The van der Waals surface area contributed by atoms with Crippen molar-refractivity contribution in [1.29, 1.82) is 0 Å². The van der Waals surface area contributed by atoms with Crippen LogP contribution in [0.5, 0.6) is 0 Å². The van der Waals surface area contributed by atoms with Crippen LogP contribution in [-0.4, -0.2) is 33.7 Å². The topological polar surface area (TPSA) is 46.9 Å². The number of aromatic nitrogens is 2. The molecule has 0 saturated heterocycles. The van der Waals surface area contributed by atoms with Crippen molar-refractivity contribution >= 4 is 29.3 Å². The molecule has 1 aromatic carbocycles. The van der Waals surface area contributed by atoms with E-state index in [-0.39, 0.29) is 16.4 Å². The van der Waals surface area contributed by atoms with Crippen molar-refractivity contribution in [3.05, 3.63) is 70.5 Å². The highest BCUT2D eigenvalue weighted by atomic mass is 35.5. The maximum atomic E-state index is 13.1. The van der Waals surface area contributed by atoms with Gasteiger partial charge in [-0.3, -0.25) is 4.79 Å². The van der Waals surface area contributed by atoms with Crippen LogP contribution < -0.4 is 5.32 Å². The van der Waals surface area contributed by atoms with Crippen LogP contribution in [0.15, 0.2) is 54.1 Å². The van der Waals surface area contributed by atoms with E-state index in [1.165, 1.54) is 17.7 Å². The molecule has 1 aliphatic carbocycles. The number of rotatable bonds is 7. The molecule has 0 unspecified atom stereocenters. The summed E-state index contributed by atoms with van der Waals surface area (Å²) in [5.41, 5.74) is 0.0979. The van der Waals surface area contributed by atoms with Crippen molar-refractivity contribution in [2.24, 2.45) is 0 Å². The second-order valence-corrected chi connectivity index (χ2v) is 7.86. The second kappa shape index (κ2) is 9.54. The molecule has 1 aromatic heterocycles. The van der Waals surface area contributed by atoms with E-state index >= 15 is 0 Å². The lowest BCUT2D eigenvalue weighted by Gasteiger charge is -2.10. The number of amides is 1. The zero-order chi connectivity index (χ0) is 20.9. The van der Waals surface area contributed by atoms with Crippen LogP contribution in [0.25, 0.3) is 5.69 Å². The number of hydrogen-bond donors (Lipinski definition) is 1. The van der Waals surface area contributed by atoms with Crippen LogP contribution in [0.4, 0.5) is 13.2 Å². The van der Waals surface area contributed by atoms with E-state index < -0.39 is 17.8 Å². The number of alkyl halides is 3. The van der Waals surface area contributed by atoms with Gasteiger partial charge < -0.3 is 5.32 Å². The van der Waals surface area contributed by atoms with Gasteiger partial charge in [0.1, 0.15) is 5.69 Å². The summed E-state index contributed by atoms with van der Waals surface area (Å²) in [4.78, 5) is 12.5. The van der Waals surface area contributed by atoms with Gasteiger partial charge in [0.15, 0.2) is 5.69 Å². The first-order chi connectivity index (χ1) is 13.9. The van der Waals surface area contributed by atoms with Gasteiger partial charge in [-0.15, -0.1) is 0 Å². The number of carbonyl (C=O) groups excluding carboxylic acids is 1. The molecule has 3 rings (SSSR count). The van der Waals surface area contributed by atoms with Crippen molar-refractivity contribution in [2.75, 3.05) is 18.1 Å². The van der Waals surface area contributed by atoms with Gasteiger partial charge in [-0.2, -0.15) is 30.0 Å². The summed E-state index contributed by atoms with van der Waals surface area (Å²) >= 11 is 7.74. The molecule has 4 nitrogen and oxygen atoms in total. The first-order valence-electron chi connectivity index (χ1n) is 9.00. The van der Waals surface area contributed by atoms with E-state index in [0.29, 0.717) is 12.3 Å². The fraction of sp³-hybridized carbons (Fsp3) is 0.300. The van der Waals surface area contributed by atoms with Crippen LogP contribution in [0.2, 0.25) is 5.02 Å². The average Bonchev–Trinajstić information content (AvgIpc) is 3.14. The predicted octanol–water partition coefficient (Wildman–Crippen LogP) is 5.28. The highest BCUT2D eigenvalue weighted by molar-refractivity contribution is 7.99. The van der Waals surface area contributed by atoms with Crippen molar-refractivity contribution in [3.8, 4) is 5.69 Å². The van der Waals surface area contributed by atoms with Crippen molar-refractivity contribution in [2.45, 2.75) is 19.0 Å². The standard InChI is InChI=1S/C20H19ClF3N3OS/c21-15-8-4-5-9-16(15)27-17(12-18(26-27)20(22,23)24)19(28)25-10-11-29-13-14-6-2-1-3-7-14/h2,4-9,12H,1,3,10-11,13H2,(H,25,28). The molecular weight excluding hydrogens is 423 g/mol. The van der Waals surface area contributed by atoms with Crippen LogP contribution in [0, 0.1) is 0 Å². The molecule has 29 heavy (non-hydrogen) atoms. The lowest BCUT2D eigenvalue weighted by Crippen LogP contribution is -2.28. The molecule has 0 saturated carbocycles. The molecule has 0 aliphatic heterocycles. The Hall–Kier alpha value is -2.19. The Morgan fingerprint density at radius 1 is 1.28 bits per heavy atom. The Bertz CT molecular complexity index is 937.